The molecule has 144 valence electrons. The van der Waals surface area contributed by atoms with Gasteiger partial charge >= 0.3 is 0 Å². The van der Waals surface area contributed by atoms with E-state index < -0.39 is 0 Å². The van der Waals surface area contributed by atoms with Crippen molar-refractivity contribution >= 4 is 17.5 Å². The second-order valence-corrected chi connectivity index (χ2v) is 8.20. The van der Waals surface area contributed by atoms with E-state index in [0.717, 1.165) is 44.8 Å². The van der Waals surface area contributed by atoms with Crippen LogP contribution >= 0.6 is 11.6 Å². The highest BCUT2D eigenvalue weighted by Crippen LogP contribution is 2.25. The van der Waals surface area contributed by atoms with Crippen LogP contribution in [-0.4, -0.2) is 85.2 Å². The highest BCUT2D eigenvalue weighted by Gasteiger charge is 2.35. The van der Waals surface area contributed by atoms with Crippen LogP contribution in [-0.2, 0) is 11.2 Å². The molecule has 0 aromatic heterocycles. The summed E-state index contributed by atoms with van der Waals surface area (Å²) >= 11 is 5.91. The second kappa shape index (κ2) is 9.18. The van der Waals surface area contributed by atoms with Gasteiger partial charge in [0, 0.05) is 50.3 Å². The number of aliphatic hydroxyl groups excluding tert-OH is 1. The summed E-state index contributed by atoms with van der Waals surface area (Å²) in [6, 6.07) is 7.46. The summed E-state index contributed by atoms with van der Waals surface area (Å²) in [6.45, 7) is 6.98. The number of benzene rings is 1. The van der Waals surface area contributed by atoms with E-state index >= 15 is 0 Å². The van der Waals surface area contributed by atoms with Crippen LogP contribution in [0.25, 0.3) is 0 Å². The Morgan fingerprint density at radius 2 is 1.85 bits per heavy atom. The SMILES string of the molecule is CN1CCCN(C[C@@H]2CN(C(=O)Cc3ccc(Cl)cc3)C[C@@H]2CO)CC1. The standard InChI is InChI=1S/C20H30ClN3O2/c1-22-7-2-8-23(10-9-22)12-17-13-24(14-18(17)15-25)20(26)11-16-3-5-19(21)6-4-16/h3-6,17-18,25H,2,7-15H2,1H3/t17-,18-/m1/s1. The number of carbonyl (C=O) groups excluding carboxylic acids is 1. The van der Waals surface area contributed by atoms with Crippen molar-refractivity contribution in [2.75, 3.05) is 59.5 Å². The van der Waals surface area contributed by atoms with Crippen LogP contribution in [0.5, 0.6) is 0 Å². The van der Waals surface area contributed by atoms with Crippen LogP contribution < -0.4 is 0 Å². The van der Waals surface area contributed by atoms with E-state index in [0.29, 0.717) is 23.9 Å². The molecule has 6 heteroatoms. The lowest BCUT2D eigenvalue weighted by Crippen LogP contribution is -2.36. The molecule has 2 aliphatic rings. The van der Waals surface area contributed by atoms with Gasteiger partial charge < -0.3 is 19.8 Å². The fraction of sp³-hybridized carbons (Fsp3) is 0.650. The minimum absolute atomic E-state index is 0.142. The summed E-state index contributed by atoms with van der Waals surface area (Å²) in [5, 5.41) is 10.5. The topological polar surface area (TPSA) is 47.0 Å². The lowest BCUT2D eigenvalue weighted by Gasteiger charge is -2.26. The molecule has 0 aliphatic carbocycles. The summed E-state index contributed by atoms with van der Waals surface area (Å²) in [5.74, 6) is 0.687. The molecule has 2 atom stereocenters. The Labute approximate surface area is 161 Å². The number of hydrogen-bond donors (Lipinski definition) is 1. The van der Waals surface area contributed by atoms with Crippen molar-refractivity contribution in [2.45, 2.75) is 12.8 Å². The first kappa shape index (κ1) is 19.6. The lowest BCUT2D eigenvalue weighted by atomic mass is 9.96. The number of rotatable bonds is 5. The van der Waals surface area contributed by atoms with Gasteiger partial charge in [-0.1, -0.05) is 23.7 Å². The highest BCUT2D eigenvalue weighted by atomic mass is 35.5. The van der Waals surface area contributed by atoms with Crippen LogP contribution in [0, 0.1) is 11.8 Å². The van der Waals surface area contributed by atoms with Crippen LogP contribution in [0.2, 0.25) is 5.02 Å². The van der Waals surface area contributed by atoms with E-state index in [9.17, 15) is 9.90 Å². The van der Waals surface area contributed by atoms with Gasteiger partial charge in [-0.3, -0.25) is 4.79 Å². The molecule has 0 saturated carbocycles. The molecule has 0 spiro atoms. The first-order valence-corrected chi connectivity index (χ1v) is 9.97. The molecule has 0 radical (unpaired) electrons. The van der Waals surface area contributed by atoms with E-state index in [4.69, 9.17) is 11.6 Å². The Morgan fingerprint density at radius 1 is 1.12 bits per heavy atom. The maximum Gasteiger partial charge on any atom is 0.227 e. The van der Waals surface area contributed by atoms with Crippen LogP contribution in [0.3, 0.4) is 0 Å². The highest BCUT2D eigenvalue weighted by molar-refractivity contribution is 6.30. The molecule has 1 amide bonds. The Bertz CT molecular complexity index is 595. The largest absolute Gasteiger partial charge is 0.396 e. The molecule has 2 fully saturated rings. The lowest BCUT2D eigenvalue weighted by molar-refractivity contribution is -0.129. The van der Waals surface area contributed by atoms with Gasteiger partial charge in [0.15, 0.2) is 0 Å². The van der Waals surface area contributed by atoms with Gasteiger partial charge in [0.1, 0.15) is 0 Å². The molecule has 0 unspecified atom stereocenters. The normalized spacial score (nSPS) is 25.4. The van der Waals surface area contributed by atoms with E-state index in [1.54, 1.807) is 0 Å². The Balaban J connectivity index is 1.55. The predicted octanol–water partition coefficient (Wildman–Crippen LogP) is 1.59. The molecular formula is C20H30ClN3O2. The maximum atomic E-state index is 12.7. The molecule has 3 rings (SSSR count). The molecule has 2 heterocycles. The van der Waals surface area contributed by atoms with Gasteiger partial charge in [0.25, 0.3) is 0 Å². The molecule has 5 nitrogen and oxygen atoms in total. The number of carbonyl (C=O) groups is 1. The predicted molar refractivity (Wildman–Crippen MR) is 104 cm³/mol. The fourth-order valence-electron chi connectivity index (χ4n) is 4.06. The molecule has 2 saturated heterocycles. The van der Waals surface area contributed by atoms with E-state index in [2.05, 4.69) is 16.8 Å². The zero-order chi connectivity index (χ0) is 18.5. The van der Waals surface area contributed by atoms with E-state index in [1.165, 1.54) is 6.42 Å². The Hall–Kier alpha value is -1.14. The summed E-state index contributed by atoms with van der Waals surface area (Å²) in [4.78, 5) is 19.5. The maximum absolute atomic E-state index is 12.7. The fourth-order valence-corrected chi connectivity index (χ4v) is 4.18. The number of likely N-dealkylation sites (N-methyl/N-ethyl adjacent to an activating group) is 1. The zero-order valence-corrected chi connectivity index (χ0v) is 16.4. The monoisotopic (exact) mass is 379 g/mol. The smallest absolute Gasteiger partial charge is 0.227 e. The molecule has 26 heavy (non-hydrogen) atoms. The third kappa shape index (κ3) is 5.19. The van der Waals surface area contributed by atoms with Crippen LogP contribution in [0.4, 0.5) is 0 Å². The first-order chi connectivity index (χ1) is 12.5. The second-order valence-electron chi connectivity index (χ2n) is 7.76. The van der Waals surface area contributed by atoms with Crippen molar-refractivity contribution < 1.29 is 9.90 Å². The molecule has 0 bridgehead atoms. The van der Waals surface area contributed by atoms with Crippen molar-refractivity contribution in [3.8, 4) is 0 Å². The van der Waals surface area contributed by atoms with Crippen LogP contribution in [0.15, 0.2) is 24.3 Å². The first-order valence-electron chi connectivity index (χ1n) is 9.59. The number of hydrogen-bond acceptors (Lipinski definition) is 4. The number of halogens is 1. The van der Waals surface area contributed by atoms with E-state index in [-0.39, 0.29) is 18.4 Å². The third-order valence-electron chi connectivity index (χ3n) is 5.74. The van der Waals surface area contributed by atoms with Gasteiger partial charge in [0.2, 0.25) is 5.91 Å². The minimum atomic E-state index is 0.142. The van der Waals surface area contributed by atoms with Gasteiger partial charge in [-0.15, -0.1) is 0 Å². The number of likely N-dealkylation sites (tertiary alicyclic amines) is 1. The van der Waals surface area contributed by atoms with Crippen molar-refractivity contribution in [3.05, 3.63) is 34.9 Å². The van der Waals surface area contributed by atoms with Gasteiger partial charge in [-0.2, -0.15) is 0 Å². The van der Waals surface area contributed by atoms with Gasteiger partial charge in [0.05, 0.1) is 6.42 Å². The summed E-state index contributed by atoms with van der Waals surface area (Å²) in [6.07, 6.45) is 1.59. The average Bonchev–Trinajstić information content (AvgIpc) is 2.93. The Morgan fingerprint density at radius 3 is 2.58 bits per heavy atom. The minimum Gasteiger partial charge on any atom is -0.396 e. The van der Waals surface area contributed by atoms with E-state index in [1.807, 2.05) is 29.2 Å². The third-order valence-corrected chi connectivity index (χ3v) is 5.99. The van der Waals surface area contributed by atoms with Crippen LogP contribution in [0.1, 0.15) is 12.0 Å². The summed E-state index contributed by atoms with van der Waals surface area (Å²) in [5.41, 5.74) is 0.985. The van der Waals surface area contributed by atoms with Crippen molar-refractivity contribution in [1.29, 1.82) is 0 Å². The molecular weight excluding hydrogens is 350 g/mol. The molecule has 1 aromatic carbocycles. The summed E-state index contributed by atoms with van der Waals surface area (Å²) in [7, 11) is 2.17. The number of nitrogens with zero attached hydrogens (tertiary/aromatic N) is 3. The van der Waals surface area contributed by atoms with Crippen molar-refractivity contribution in [3.63, 3.8) is 0 Å². The molecule has 1 N–H and O–H groups in total. The van der Waals surface area contributed by atoms with Crippen molar-refractivity contribution in [2.24, 2.45) is 11.8 Å². The summed E-state index contributed by atoms with van der Waals surface area (Å²) < 4.78 is 0. The number of amides is 1. The molecule has 1 aromatic rings. The number of aliphatic hydroxyl groups is 1. The quantitative estimate of drug-likeness (QED) is 0.844. The zero-order valence-electron chi connectivity index (χ0n) is 15.6. The molecule has 2 aliphatic heterocycles. The van der Waals surface area contributed by atoms with Crippen molar-refractivity contribution in [1.82, 2.24) is 14.7 Å². The van der Waals surface area contributed by atoms with Gasteiger partial charge in [-0.25, -0.2) is 0 Å². The average molecular weight is 380 g/mol. The van der Waals surface area contributed by atoms with Gasteiger partial charge in [-0.05, 0) is 50.2 Å². The Kier molecular flexibility index (Phi) is 6.92.